The number of ether oxygens (including phenoxy) is 1. The minimum Gasteiger partial charge on any atom is -0.495 e. The first-order chi connectivity index (χ1) is 13.3. The van der Waals surface area contributed by atoms with E-state index in [2.05, 4.69) is 4.72 Å². The molecule has 154 valence electrons. The number of hydrogen-bond acceptors (Lipinski definition) is 5. The van der Waals surface area contributed by atoms with Gasteiger partial charge < -0.3 is 9.15 Å². The Hall–Kier alpha value is -2.64. The van der Waals surface area contributed by atoms with Crippen molar-refractivity contribution in [2.75, 3.05) is 14.2 Å². The lowest BCUT2D eigenvalue weighted by Crippen LogP contribution is -2.19. The van der Waals surface area contributed by atoms with E-state index in [4.69, 9.17) is 9.15 Å². The van der Waals surface area contributed by atoms with E-state index in [1.54, 1.807) is 25.1 Å². The van der Waals surface area contributed by atoms with Crippen LogP contribution in [0.3, 0.4) is 0 Å². The molecular formula is C21H29NO5S. The van der Waals surface area contributed by atoms with Gasteiger partial charge in [-0.05, 0) is 44.7 Å². The van der Waals surface area contributed by atoms with Gasteiger partial charge >= 0.3 is 5.63 Å². The first kappa shape index (κ1) is 23.4. The van der Waals surface area contributed by atoms with Gasteiger partial charge in [-0.25, -0.2) is 17.9 Å². The summed E-state index contributed by atoms with van der Waals surface area (Å²) in [4.78, 5) is 11.4. The number of para-hydroxylation sites is 2. The molecule has 0 radical (unpaired) electrons. The van der Waals surface area contributed by atoms with Crippen molar-refractivity contribution in [1.29, 1.82) is 0 Å². The molecule has 0 atom stereocenters. The Labute approximate surface area is 167 Å². The monoisotopic (exact) mass is 407 g/mol. The summed E-state index contributed by atoms with van der Waals surface area (Å²) < 4.78 is 35.0. The van der Waals surface area contributed by atoms with Crippen molar-refractivity contribution in [2.24, 2.45) is 0 Å². The normalized spacial score (nSPS) is 10.4. The predicted molar refractivity (Wildman–Crippen MR) is 115 cm³/mol. The third-order valence-electron chi connectivity index (χ3n) is 3.99. The molecule has 1 N–H and O–H groups in total. The minimum atomic E-state index is -3.42. The fourth-order valence-corrected chi connectivity index (χ4v) is 3.24. The summed E-state index contributed by atoms with van der Waals surface area (Å²) in [5.74, 6) is 0.344. The van der Waals surface area contributed by atoms with Crippen molar-refractivity contribution < 1.29 is 19.0 Å². The summed E-state index contributed by atoms with van der Waals surface area (Å²) in [7, 11) is -0.619. The number of aryl methyl sites for hydroxylation is 1. The molecule has 3 aromatic rings. The second-order valence-electron chi connectivity index (χ2n) is 5.49. The van der Waals surface area contributed by atoms with E-state index in [-0.39, 0.29) is 11.9 Å². The number of rotatable bonds is 3. The third-order valence-corrected chi connectivity index (χ3v) is 5.44. The topological polar surface area (TPSA) is 85.6 Å². The van der Waals surface area contributed by atoms with Crippen molar-refractivity contribution in [3.63, 3.8) is 0 Å². The molecule has 3 rings (SSSR count). The van der Waals surface area contributed by atoms with Gasteiger partial charge in [-0.3, -0.25) is 0 Å². The van der Waals surface area contributed by atoms with Crippen LogP contribution in [0.4, 0.5) is 0 Å². The average molecular weight is 408 g/mol. The molecule has 0 aliphatic heterocycles. The van der Waals surface area contributed by atoms with E-state index in [0.717, 1.165) is 10.9 Å². The molecule has 1 heterocycles. The number of fused-ring (bicyclic) bond motifs is 1. The molecule has 0 aliphatic carbocycles. The van der Waals surface area contributed by atoms with Crippen LogP contribution in [0.2, 0.25) is 0 Å². The molecule has 0 saturated carbocycles. The summed E-state index contributed by atoms with van der Waals surface area (Å²) in [5, 5.41) is 1.01. The number of nitrogens with one attached hydrogen (secondary N) is 1. The van der Waals surface area contributed by atoms with E-state index in [9.17, 15) is 13.2 Å². The van der Waals surface area contributed by atoms with Crippen molar-refractivity contribution in [1.82, 2.24) is 4.72 Å². The van der Waals surface area contributed by atoms with Crippen LogP contribution < -0.4 is 15.1 Å². The molecule has 0 unspecified atom stereocenters. The van der Waals surface area contributed by atoms with Gasteiger partial charge in [0, 0.05) is 12.4 Å². The molecule has 0 fully saturated rings. The Bertz CT molecular complexity index is 1080. The zero-order valence-corrected chi connectivity index (χ0v) is 17.9. The predicted octanol–water partition coefficient (Wildman–Crippen LogP) is 4.29. The summed E-state index contributed by atoms with van der Waals surface area (Å²) in [6, 6.07) is 14.0. The van der Waals surface area contributed by atoms with Gasteiger partial charge in [-0.15, -0.1) is 0 Å². The van der Waals surface area contributed by atoms with Crippen LogP contribution in [-0.2, 0) is 10.0 Å². The summed E-state index contributed by atoms with van der Waals surface area (Å²) >= 11 is 0. The quantitative estimate of drug-likeness (QED) is 0.655. The molecule has 7 heteroatoms. The molecule has 1 aromatic heterocycles. The fraction of sp³-hybridized carbons (Fsp3) is 0.286. The lowest BCUT2D eigenvalue weighted by Gasteiger charge is -2.07. The number of hydrogen-bond donors (Lipinski definition) is 1. The first-order valence-electron chi connectivity index (χ1n) is 8.87. The van der Waals surface area contributed by atoms with Gasteiger partial charge in [-0.1, -0.05) is 44.2 Å². The second kappa shape index (κ2) is 10.6. The highest BCUT2D eigenvalue weighted by molar-refractivity contribution is 7.89. The Morgan fingerprint density at radius 2 is 1.54 bits per heavy atom. The van der Waals surface area contributed by atoms with E-state index in [1.807, 2.05) is 45.0 Å². The van der Waals surface area contributed by atoms with E-state index < -0.39 is 10.0 Å². The van der Waals surface area contributed by atoms with Gasteiger partial charge in [0.1, 0.15) is 16.2 Å². The van der Waals surface area contributed by atoms with E-state index >= 15 is 0 Å². The Kier molecular flexibility index (Phi) is 8.88. The van der Waals surface area contributed by atoms with Gasteiger partial charge in [0.25, 0.3) is 0 Å². The lowest BCUT2D eigenvalue weighted by molar-refractivity contribution is 0.402. The maximum atomic E-state index is 11.4. The molecular weight excluding hydrogens is 378 g/mol. The third kappa shape index (κ3) is 5.43. The maximum Gasteiger partial charge on any atom is 0.339 e. The minimum absolute atomic E-state index is 0. The molecule has 2 aromatic carbocycles. The average Bonchev–Trinajstić information content (AvgIpc) is 2.74. The Balaban J connectivity index is 0.000000483. The molecule has 0 spiro atoms. The molecule has 28 heavy (non-hydrogen) atoms. The van der Waals surface area contributed by atoms with Crippen molar-refractivity contribution in [3.05, 3.63) is 70.1 Å². The smallest absolute Gasteiger partial charge is 0.339 e. The zero-order valence-electron chi connectivity index (χ0n) is 17.1. The fourth-order valence-electron chi connectivity index (χ4n) is 2.35. The highest BCUT2D eigenvalue weighted by atomic mass is 32.2. The van der Waals surface area contributed by atoms with Gasteiger partial charge in [-0.2, -0.15) is 0 Å². The standard InChI is InChI=1S/C11H10O2.C8H11NO3S.C2H6.H2/c1-7-8(2)11(12)13-10-6-4-3-5-9(7)10;1-9-13(10,11)8-6-4-3-5-7(8)12-2;1-2;/h3-6H,1-2H3;3-6,9H,1-2H3;1-2H3;1H. The molecule has 0 bridgehead atoms. The highest BCUT2D eigenvalue weighted by Crippen LogP contribution is 2.21. The summed E-state index contributed by atoms with van der Waals surface area (Å²) in [5.41, 5.74) is 2.12. The highest BCUT2D eigenvalue weighted by Gasteiger charge is 2.15. The first-order valence-corrected chi connectivity index (χ1v) is 10.4. The lowest BCUT2D eigenvalue weighted by atomic mass is 10.1. The van der Waals surface area contributed by atoms with Gasteiger partial charge in [0.05, 0.1) is 7.11 Å². The summed E-state index contributed by atoms with van der Waals surface area (Å²) in [6.45, 7) is 7.72. The van der Waals surface area contributed by atoms with Crippen LogP contribution in [0.5, 0.6) is 5.75 Å². The van der Waals surface area contributed by atoms with Crippen molar-refractivity contribution in [3.8, 4) is 5.75 Å². The maximum absolute atomic E-state index is 11.4. The molecule has 0 amide bonds. The number of methoxy groups -OCH3 is 1. The zero-order chi connectivity index (χ0) is 21.3. The Morgan fingerprint density at radius 1 is 0.964 bits per heavy atom. The number of benzene rings is 2. The van der Waals surface area contributed by atoms with Crippen LogP contribution >= 0.6 is 0 Å². The van der Waals surface area contributed by atoms with Crippen LogP contribution in [0.15, 0.2) is 62.6 Å². The van der Waals surface area contributed by atoms with Gasteiger partial charge in [0.2, 0.25) is 10.0 Å². The Morgan fingerprint density at radius 3 is 2.14 bits per heavy atom. The van der Waals surface area contributed by atoms with Crippen LogP contribution in [-0.4, -0.2) is 22.6 Å². The van der Waals surface area contributed by atoms with Gasteiger partial charge in [0.15, 0.2) is 0 Å². The molecule has 0 aliphatic rings. The van der Waals surface area contributed by atoms with E-state index in [0.29, 0.717) is 16.9 Å². The second-order valence-corrected chi connectivity index (χ2v) is 7.35. The van der Waals surface area contributed by atoms with Crippen LogP contribution in [0.1, 0.15) is 26.4 Å². The van der Waals surface area contributed by atoms with Crippen molar-refractivity contribution >= 4 is 21.0 Å². The SMILES string of the molecule is CC.CNS(=O)(=O)c1ccccc1OC.Cc1c(C)c2ccccc2oc1=O.[HH]. The molecule has 6 nitrogen and oxygen atoms in total. The van der Waals surface area contributed by atoms with E-state index in [1.165, 1.54) is 20.2 Å². The van der Waals surface area contributed by atoms with Crippen molar-refractivity contribution in [2.45, 2.75) is 32.6 Å². The van der Waals surface area contributed by atoms with Crippen LogP contribution in [0, 0.1) is 13.8 Å². The molecule has 0 saturated heterocycles. The largest absolute Gasteiger partial charge is 0.495 e. The number of sulfonamides is 1. The van der Waals surface area contributed by atoms with Crippen LogP contribution in [0.25, 0.3) is 11.0 Å². The summed E-state index contributed by atoms with van der Waals surface area (Å²) in [6.07, 6.45) is 0.